The van der Waals surface area contributed by atoms with Gasteiger partial charge in [-0.3, -0.25) is 9.59 Å². The molecule has 134 valence electrons. The summed E-state index contributed by atoms with van der Waals surface area (Å²) >= 11 is 6.06. The Balaban J connectivity index is 1.55. The molecule has 0 aromatic heterocycles. The van der Waals surface area contributed by atoms with Crippen molar-refractivity contribution < 1.29 is 14.3 Å². The molecule has 2 amide bonds. The predicted molar refractivity (Wildman–Crippen MR) is 105 cm³/mol. The number of benzene rings is 3. The van der Waals surface area contributed by atoms with Gasteiger partial charge in [0.2, 0.25) is 0 Å². The molecule has 0 bridgehead atoms. The fourth-order valence-electron chi connectivity index (χ4n) is 2.86. The monoisotopic (exact) mass is 378 g/mol. The molecule has 0 unspecified atom stereocenters. The Morgan fingerprint density at radius 1 is 1.00 bits per heavy atom. The van der Waals surface area contributed by atoms with Gasteiger partial charge in [0.05, 0.1) is 5.69 Å². The number of halogens is 1. The van der Waals surface area contributed by atoms with Gasteiger partial charge in [0.1, 0.15) is 5.75 Å². The number of carbonyl (C=O) groups is 2. The standard InChI is InChI=1S/C21H15ClN2O3/c22-16-5-1-3-13(9-16)14-4-2-6-17(10-14)23-21(26)15-7-8-18-19(11-15)27-12-20(25)24-18/h1-11H,12H2,(H,23,26)(H,24,25). The van der Waals surface area contributed by atoms with Crippen molar-refractivity contribution >= 4 is 34.8 Å². The van der Waals surface area contributed by atoms with E-state index in [1.165, 1.54) is 0 Å². The van der Waals surface area contributed by atoms with E-state index in [4.69, 9.17) is 16.3 Å². The number of anilines is 2. The van der Waals surface area contributed by atoms with E-state index >= 15 is 0 Å². The first-order valence-electron chi connectivity index (χ1n) is 8.32. The second-order valence-electron chi connectivity index (χ2n) is 6.09. The molecule has 3 aromatic rings. The Bertz CT molecular complexity index is 1050. The number of rotatable bonds is 3. The molecule has 0 saturated heterocycles. The SMILES string of the molecule is O=C1COc2cc(C(=O)Nc3cccc(-c4cccc(Cl)c4)c3)ccc2N1. The molecule has 3 aromatic carbocycles. The van der Waals surface area contributed by atoms with Gasteiger partial charge in [-0.1, -0.05) is 35.9 Å². The molecule has 0 atom stereocenters. The first-order chi connectivity index (χ1) is 13.1. The van der Waals surface area contributed by atoms with Gasteiger partial charge in [0, 0.05) is 16.3 Å². The van der Waals surface area contributed by atoms with Crippen LogP contribution in [0.2, 0.25) is 5.02 Å². The van der Waals surface area contributed by atoms with Gasteiger partial charge < -0.3 is 15.4 Å². The maximum Gasteiger partial charge on any atom is 0.262 e. The van der Waals surface area contributed by atoms with Crippen LogP contribution in [0.15, 0.2) is 66.7 Å². The van der Waals surface area contributed by atoms with Crippen LogP contribution in [0.25, 0.3) is 11.1 Å². The van der Waals surface area contributed by atoms with Crippen LogP contribution in [0, 0.1) is 0 Å². The molecule has 5 nitrogen and oxygen atoms in total. The van der Waals surface area contributed by atoms with Crippen molar-refractivity contribution in [2.24, 2.45) is 0 Å². The first-order valence-corrected chi connectivity index (χ1v) is 8.70. The zero-order valence-electron chi connectivity index (χ0n) is 14.2. The molecule has 6 heteroatoms. The van der Waals surface area contributed by atoms with E-state index in [2.05, 4.69) is 10.6 Å². The third-order valence-electron chi connectivity index (χ3n) is 4.16. The smallest absolute Gasteiger partial charge is 0.262 e. The van der Waals surface area contributed by atoms with Gasteiger partial charge in [-0.25, -0.2) is 0 Å². The van der Waals surface area contributed by atoms with Crippen LogP contribution < -0.4 is 15.4 Å². The Kier molecular flexibility index (Phi) is 4.52. The van der Waals surface area contributed by atoms with E-state index in [0.717, 1.165) is 11.1 Å². The molecule has 0 saturated carbocycles. The molecular weight excluding hydrogens is 364 g/mol. The quantitative estimate of drug-likeness (QED) is 0.700. The summed E-state index contributed by atoms with van der Waals surface area (Å²) in [6.45, 7) is -0.0558. The minimum atomic E-state index is -0.262. The number of amides is 2. The molecule has 1 aliphatic rings. The lowest BCUT2D eigenvalue weighted by Crippen LogP contribution is -2.25. The van der Waals surface area contributed by atoms with Crippen molar-refractivity contribution in [1.82, 2.24) is 0 Å². The van der Waals surface area contributed by atoms with Gasteiger partial charge in [-0.15, -0.1) is 0 Å². The van der Waals surface area contributed by atoms with Gasteiger partial charge in [-0.05, 0) is 53.6 Å². The molecule has 1 heterocycles. The second-order valence-corrected chi connectivity index (χ2v) is 6.53. The van der Waals surface area contributed by atoms with E-state index in [0.29, 0.717) is 27.7 Å². The summed E-state index contributed by atoms with van der Waals surface area (Å²) in [7, 11) is 0. The van der Waals surface area contributed by atoms with Crippen LogP contribution in [0.3, 0.4) is 0 Å². The highest BCUT2D eigenvalue weighted by atomic mass is 35.5. The Hall–Kier alpha value is -3.31. The average molecular weight is 379 g/mol. The molecule has 0 radical (unpaired) electrons. The Morgan fingerprint density at radius 3 is 2.59 bits per heavy atom. The molecular formula is C21H15ClN2O3. The Morgan fingerprint density at radius 2 is 1.78 bits per heavy atom. The molecule has 0 aliphatic carbocycles. The van der Waals surface area contributed by atoms with Crippen molar-refractivity contribution in [3.05, 3.63) is 77.3 Å². The molecule has 1 aliphatic heterocycles. The lowest BCUT2D eigenvalue weighted by molar-refractivity contribution is -0.118. The average Bonchev–Trinajstić information content (AvgIpc) is 2.67. The summed E-state index contributed by atoms with van der Waals surface area (Å²) in [6, 6.07) is 20.0. The van der Waals surface area contributed by atoms with Crippen molar-refractivity contribution in [2.75, 3.05) is 17.2 Å². The predicted octanol–water partition coefficient (Wildman–Crippen LogP) is 4.59. The van der Waals surface area contributed by atoms with E-state index in [1.807, 2.05) is 48.5 Å². The number of fused-ring (bicyclic) bond motifs is 1. The van der Waals surface area contributed by atoms with Crippen LogP contribution in [-0.2, 0) is 4.79 Å². The number of hydrogen-bond donors (Lipinski definition) is 2. The fraction of sp³-hybridized carbons (Fsp3) is 0.0476. The summed E-state index contributed by atoms with van der Waals surface area (Å²) in [5, 5.41) is 6.24. The summed E-state index contributed by atoms with van der Waals surface area (Å²) < 4.78 is 5.36. The summed E-state index contributed by atoms with van der Waals surface area (Å²) in [6.07, 6.45) is 0. The van der Waals surface area contributed by atoms with E-state index < -0.39 is 0 Å². The van der Waals surface area contributed by atoms with Crippen molar-refractivity contribution in [1.29, 1.82) is 0 Å². The lowest BCUT2D eigenvalue weighted by Gasteiger charge is -2.18. The normalized spacial score (nSPS) is 12.6. The fourth-order valence-corrected chi connectivity index (χ4v) is 3.05. The van der Waals surface area contributed by atoms with Gasteiger partial charge in [-0.2, -0.15) is 0 Å². The maximum atomic E-state index is 12.6. The minimum Gasteiger partial charge on any atom is -0.482 e. The zero-order chi connectivity index (χ0) is 18.8. The number of nitrogens with one attached hydrogen (secondary N) is 2. The van der Waals surface area contributed by atoms with Crippen LogP contribution >= 0.6 is 11.6 Å². The number of hydrogen-bond acceptors (Lipinski definition) is 3. The molecule has 2 N–H and O–H groups in total. The van der Waals surface area contributed by atoms with Gasteiger partial charge in [0.25, 0.3) is 11.8 Å². The highest BCUT2D eigenvalue weighted by Crippen LogP contribution is 2.29. The molecule has 0 spiro atoms. The van der Waals surface area contributed by atoms with Crippen LogP contribution in [0.4, 0.5) is 11.4 Å². The minimum absolute atomic E-state index is 0.0558. The third-order valence-corrected chi connectivity index (χ3v) is 4.39. The maximum absolute atomic E-state index is 12.6. The van der Waals surface area contributed by atoms with Crippen LogP contribution in [0.5, 0.6) is 5.75 Å². The number of carbonyl (C=O) groups excluding carboxylic acids is 2. The van der Waals surface area contributed by atoms with Crippen molar-refractivity contribution in [3.63, 3.8) is 0 Å². The summed E-state index contributed by atoms with van der Waals surface area (Å²) in [5.74, 6) is 0.00834. The van der Waals surface area contributed by atoms with E-state index in [9.17, 15) is 9.59 Å². The van der Waals surface area contributed by atoms with Crippen molar-refractivity contribution in [2.45, 2.75) is 0 Å². The summed E-state index contributed by atoms with van der Waals surface area (Å²) in [4.78, 5) is 23.9. The lowest BCUT2D eigenvalue weighted by atomic mass is 10.1. The number of ether oxygens (including phenoxy) is 1. The highest BCUT2D eigenvalue weighted by molar-refractivity contribution is 6.30. The second kappa shape index (κ2) is 7.13. The summed E-state index contributed by atoms with van der Waals surface area (Å²) in [5.41, 5.74) is 3.59. The molecule has 4 rings (SSSR count). The third kappa shape index (κ3) is 3.78. The van der Waals surface area contributed by atoms with Crippen molar-refractivity contribution in [3.8, 4) is 16.9 Å². The van der Waals surface area contributed by atoms with Gasteiger partial charge >= 0.3 is 0 Å². The Labute approximate surface area is 160 Å². The molecule has 0 fully saturated rings. The van der Waals surface area contributed by atoms with Crippen LogP contribution in [-0.4, -0.2) is 18.4 Å². The molecule has 27 heavy (non-hydrogen) atoms. The largest absolute Gasteiger partial charge is 0.482 e. The highest BCUT2D eigenvalue weighted by Gasteiger charge is 2.18. The first kappa shape index (κ1) is 17.1. The van der Waals surface area contributed by atoms with E-state index in [-0.39, 0.29) is 18.4 Å². The van der Waals surface area contributed by atoms with Gasteiger partial charge in [0.15, 0.2) is 6.61 Å². The van der Waals surface area contributed by atoms with E-state index in [1.54, 1.807) is 18.2 Å². The zero-order valence-corrected chi connectivity index (χ0v) is 14.9. The van der Waals surface area contributed by atoms with Crippen LogP contribution in [0.1, 0.15) is 10.4 Å². The topological polar surface area (TPSA) is 67.4 Å².